The number of nitrogens with two attached hydrogens (primary N) is 2. The van der Waals surface area contributed by atoms with Gasteiger partial charge in [-0.1, -0.05) is 26.8 Å². The van der Waals surface area contributed by atoms with Crippen molar-refractivity contribution in [1.29, 1.82) is 0 Å². The van der Waals surface area contributed by atoms with Gasteiger partial charge < -0.3 is 20.9 Å². The van der Waals surface area contributed by atoms with Gasteiger partial charge in [-0.2, -0.15) is 0 Å². The van der Waals surface area contributed by atoms with Gasteiger partial charge in [0.25, 0.3) is 0 Å². The molecule has 0 fully saturated rings. The molecule has 4 heteroatoms. The molecule has 21 heavy (non-hydrogen) atoms. The summed E-state index contributed by atoms with van der Waals surface area (Å²) in [6, 6.07) is 6.16. The topological polar surface area (TPSA) is 70.5 Å². The lowest BCUT2D eigenvalue weighted by molar-refractivity contribution is 0.267. The van der Waals surface area contributed by atoms with Crippen LogP contribution in [0.3, 0.4) is 0 Å². The van der Waals surface area contributed by atoms with Gasteiger partial charge in [-0.05, 0) is 55.5 Å². The van der Waals surface area contributed by atoms with Gasteiger partial charge in [0.2, 0.25) is 0 Å². The number of hydrogen-bond donors (Lipinski definition) is 2. The first-order chi connectivity index (χ1) is 10.2. The predicted octanol–water partition coefficient (Wildman–Crippen LogP) is 2.90. The number of hydrogen-bond acceptors (Lipinski definition) is 4. The van der Waals surface area contributed by atoms with Crippen LogP contribution in [0.5, 0.6) is 11.5 Å². The fourth-order valence-electron chi connectivity index (χ4n) is 2.24. The van der Waals surface area contributed by atoms with E-state index in [1.807, 2.05) is 6.07 Å². The first-order valence-corrected chi connectivity index (χ1v) is 7.97. The van der Waals surface area contributed by atoms with Crippen molar-refractivity contribution in [2.45, 2.75) is 39.5 Å². The second kappa shape index (κ2) is 9.64. The zero-order valence-electron chi connectivity index (χ0n) is 13.6. The summed E-state index contributed by atoms with van der Waals surface area (Å²) < 4.78 is 11.6. The van der Waals surface area contributed by atoms with Gasteiger partial charge in [0, 0.05) is 0 Å². The van der Waals surface area contributed by atoms with Gasteiger partial charge in [-0.15, -0.1) is 0 Å². The third-order valence-electron chi connectivity index (χ3n) is 3.73. The molecule has 1 atom stereocenters. The van der Waals surface area contributed by atoms with Crippen LogP contribution in [-0.4, -0.2) is 26.3 Å². The monoisotopic (exact) mass is 294 g/mol. The molecule has 0 spiro atoms. The summed E-state index contributed by atoms with van der Waals surface area (Å²) >= 11 is 0. The van der Waals surface area contributed by atoms with Crippen LogP contribution in [0.4, 0.5) is 0 Å². The van der Waals surface area contributed by atoms with Crippen LogP contribution < -0.4 is 20.9 Å². The van der Waals surface area contributed by atoms with Crippen molar-refractivity contribution in [2.75, 3.05) is 26.3 Å². The van der Waals surface area contributed by atoms with E-state index in [0.717, 1.165) is 24.3 Å². The smallest absolute Gasteiger partial charge is 0.161 e. The summed E-state index contributed by atoms with van der Waals surface area (Å²) in [5.74, 6) is 2.23. The Morgan fingerprint density at radius 3 is 2.05 bits per heavy atom. The molecule has 1 unspecified atom stereocenters. The second-order valence-corrected chi connectivity index (χ2v) is 5.42. The Labute approximate surface area is 128 Å². The van der Waals surface area contributed by atoms with Crippen molar-refractivity contribution in [1.82, 2.24) is 0 Å². The predicted molar refractivity (Wildman–Crippen MR) is 88.0 cm³/mol. The van der Waals surface area contributed by atoms with E-state index in [2.05, 4.69) is 32.9 Å². The molecule has 0 saturated carbocycles. The van der Waals surface area contributed by atoms with E-state index in [1.165, 1.54) is 5.56 Å². The number of rotatable bonds is 10. The first-order valence-electron chi connectivity index (χ1n) is 7.97. The standard InChI is InChI=1S/C17H30N2O2/c1-4-8-20-16-7-6-14(10-17(16)21-9-5-2)13(3)15(11-18)12-19/h6-7,10,13,15H,4-5,8-9,11-12,18-19H2,1-3H3. The van der Waals surface area contributed by atoms with Crippen molar-refractivity contribution >= 4 is 0 Å². The number of ether oxygens (including phenoxy) is 2. The molecule has 1 aromatic rings. The maximum atomic E-state index is 5.83. The van der Waals surface area contributed by atoms with E-state index < -0.39 is 0 Å². The Kier molecular flexibility index (Phi) is 8.16. The summed E-state index contributed by atoms with van der Waals surface area (Å²) in [5, 5.41) is 0. The van der Waals surface area contributed by atoms with Crippen molar-refractivity contribution in [3.63, 3.8) is 0 Å². The first kappa shape index (κ1) is 17.8. The lowest BCUT2D eigenvalue weighted by atomic mass is 9.87. The Hall–Kier alpha value is -1.26. The normalized spacial score (nSPS) is 12.5. The molecular weight excluding hydrogens is 264 g/mol. The van der Waals surface area contributed by atoms with Gasteiger partial charge in [-0.3, -0.25) is 0 Å². The molecule has 0 amide bonds. The maximum Gasteiger partial charge on any atom is 0.161 e. The van der Waals surface area contributed by atoms with Gasteiger partial charge in [0.1, 0.15) is 0 Å². The van der Waals surface area contributed by atoms with Crippen LogP contribution in [0.2, 0.25) is 0 Å². The van der Waals surface area contributed by atoms with E-state index in [0.29, 0.717) is 32.2 Å². The Bertz CT molecular complexity index is 406. The fourth-order valence-corrected chi connectivity index (χ4v) is 2.24. The SMILES string of the molecule is CCCOc1ccc(C(C)C(CN)CN)cc1OCCC. The third-order valence-corrected chi connectivity index (χ3v) is 3.73. The molecule has 4 nitrogen and oxygen atoms in total. The molecule has 0 radical (unpaired) electrons. The maximum absolute atomic E-state index is 5.83. The Morgan fingerprint density at radius 1 is 0.952 bits per heavy atom. The van der Waals surface area contributed by atoms with Crippen molar-refractivity contribution < 1.29 is 9.47 Å². The van der Waals surface area contributed by atoms with Crippen LogP contribution >= 0.6 is 0 Å². The summed E-state index contributed by atoms with van der Waals surface area (Å²) in [6.45, 7) is 8.93. The average Bonchev–Trinajstić information content (AvgIpc) is 2.52. The van der Waals surface area contributed by atoms with E-state index in [4.69, 9.17) is 20.9 Å². The van der Waals surface area contributed by atoms with Gasteiger partial charge >= 0.3 is 0 Å². The lowest BCUT2D eigenvalue weighted by Crippen LogP contribution is -2.27. The Balaban J connectivity index is 2.96. The second-order valence-electron chi connectivity index (χ2n) is 5.42. The van der Waals surface area contributed by atoms with E-state index in [-0.39, 0.29) is 5.92 Å². The summed E-state index contributed by atoms with van der Waals surface area (Å²) in [5.41, 5.74) is 12.8. The summed E-state index contributed by atoms with van der Waals surface area (Å²) in [6.07, 6.45) is 1.95. The average molecular weight is 294 g/mol. The molecule has 120 valence electrons. The van der Waals surface area contributed by atoms with Crippen LogP contribution in [0.1, 0.15) is 45.1 Å². The van der Waals surface area contributed by atoms with Crippen LogP contribution in [0, 0.1) is 5.92 Å². The molecule has 0 aliphatic carbocycles. The van der Waals surface area contributed by atoms with Crippen LogP contribution in [0.15, 0.2) is 18.2 Å². The molecule has 4 N–H and O–H groups in total. The van der Waals surface area contributed by atoms with Crippen LogP contribution in [-0.2, 0) is 0 Å². The van der Waals surface area contributed by atoms with E-state index >= 15 is 0 Å². The molecule has 0 aromatic heterocycles. The molecule has 0 saturated heterocycles. The highest BCUT2D eigenvalue weighted by Crippen LogP contribution is 2.33. The zero-order valence-corrected chi connectivity index (χ0v) is 13.6. The minimum atomic E-state index is 0.284. The molecule has 1 rings (SSSR count). The minimum Gasteiger partial charge on any atom is -0.490 e. The van der Waals surface area contributed by atoms with Crippen molar-refractivity contribution in [2.24, 2.45) is 17.4 Å². The van der Waals surface area contributed by atoms with E-state index in [9.17, 15) is 0 Å². The van der Waals surface area contributed by atoms with Crippen LogP contribution in [0.25, 0.3) is 0 Å². The number of benzene rings is 1. The zero-order chi connectivity index (χ0) is 15.7. The molecule has 1 aromatic carbocycles. The van der Waals surface area contributed by atoms with Gasteiger partial charge in [0.15, 0.2) is 11.5 Å². The van der Waals surface area contributed by atoms with Gasteiger partial charge in [0.05, 0.1) is 13.2 Å². The molecule has 0 aliphatic rings. The summed E-state index contributed by atoms with van der Waals surface area (Å²) in [4.78, 5) is 0. The van der Waals surface area contributed by atoms with Crippen molar-refractivity contribution in [3.05, 3.63) is 23.8 Å². The molecular formula is C17H30N2O2. The highest BCUT2D eigenvalue weighted by atomic mass is 16.5. The summed E-state index contributed by atoms with van der Waals surface area (Å²) in [7, 11) is 0. The molecule has 0 aliphatic heterocycles. The highest BCUT2D eigenvalue weighted by Gasteiger charge is 2.18. The van der Waals surface area contributed by atoms with Crippen molar-refractivity contribution in [3.8, 4) is 11.5 Å². The van der Waals surface area contributed by atoms with Gasteiger partial charge in [-0.25, -0.2) is 0 Å². The fraction of sp³-hybridized carbons (Fsp3) is 0.647. The van der Waals surface area contributed by atoms with E-state index in [1.54, 1.807) is 0 Å². The third kappa shape index (κ3) is 5.21. The molecule has 0 bridgehead atoms. The molecule has 0 heterocycles. The Morgan fingerprint density at radius 2 is 1.52 bits per heavy atom. The minimum absolute atomic E-state index is 0.284. The highest BCUT2D eigenvalue weighted by molar-refractivity contribution is 5.44. The quantitative estimate of drug-likeness (QED) is 0.696. The largest absolute Gasteiger partial charge is 0.490 e. The lowest BCUT2D eigenvalue weighted by Gasteiger charge is -2.22.